The van der Waals surface area contributed by atoms with Crippen LogP contribution in [0, 0.1) is 11.8 Å². The summed E-state index contributed by atoms with van der Waals surface area (Å²) < 4.78 is 0. The lowest BCUT2D eigenvalue weighted by molar-refractivity contribution is 0.0625. The fraction of sp³-hybridized carbons (Fsp3) is 1.00. The summed E-state index contributed by atoms with van der Waals surface area (Å²) in [6.45, 7) is 13.3. The molecule has 1 N–H and O–H groups in total. The van der Waals surface area contributed by atoms with Gasteiger partial charge >= 0.3 is 0 Å². The van der Waals surface area contributed by atoms with Crippen molar-refractivity contribution in [1.29, 1.82) is 0 Å². The normalized spacial score (nSPS) is 42.3. The zero-order valence-corrected chi connectivity index (χ0v) is 12.8. The molecular formula is C16H32N2. The molecule has 0 bridgehead atoms. The molecule has 1 heterocycles. The Hall–Kier alpha value is -0.0800. The van der Waals surface area contributed by atoms with Crippen LogP contribution >= 0.6 is 0 Å². The average Bonchev–Trinajstić information content (AvgIpc) is 2.76. The SMILES string of the molecule is CCC1CNC(C)(CC)CN1CC1CCCC1C. The van der Waals surface area contributed by atoms with E-state index >= 15 is 0 Å². The molecule has 0 aromatic carbocycles. The molecule has 0 spiro atoms. The highest BCUT2D eigenvalue weighted by atomic mass is 15.2. The molecule has 2 rings (SSSR count). The maximum absolute atomic E-state index is 3.77. The molecule has 1 saturated heterocycles. The Bertz CT molecular complexity index is 266. The maximum Gasteiger partial charge on any atom is 0.0278 e. The van der Waals surface area contributed by atoms with Gasteiger partial charge in [-0.2, -0.15) is 0 Å². The van der Waals surface area contributed by atoms with Crippen molar-refractivity contribution in [3.63, 3.8) is 0 Å². The van der Waals surface area contributed by atoms with Gasteiger partial charge in [-0.1, -0.05) is 33.6 Å². The largest absolute Gasteiger partial charge is 0.309 e. The van der Waals surface area contributed by atoms with Gasteiger partial charge in [0.2, 0.25) is 0 Å². The summed E-state index contributed by atoms with van der Waals surface area (Å²) in [6, 6.07) is 0.762. The number of rotatable bonds is 4. The van der Waals surface area contributed by atoms with Gasteiger partial charge < -0.3 is 5.32 Å². The van der Waals surface area contributed by atoms with Gasteiger partial charge in [0.1, 0.15) is 0 Å². The van der Waals surface area contributed by atoms with Crippen molar-refractivity contribution < 1.29 is 0 Å². The topological polar surface area (TPSA) is 15.3 Å². The summed E-state index contributed by atoms with van der Waals surface area (Å²) in [4.78, 5) is 2.80. The molecule has 0 aromatic rings. The molecule has 0 amide bonds. The second kappa shape index (κ2) is 5.92. The molecule has 4 unspecified atom stereocenters. The highest BCUT2D eigenvalue weighted by Crippen LogP contribution is 2.33. The van der Waals surface area contributed by atoms with Crippen molar-refractivity contribution in [1.82, 2.24) is 10.2 Å². The molecule has 18 heavy (non-hydrogen) atoms. The second-order valence-corrected chi connectivity index (χ2v) is 6.95. The Morgan fingerprint density at radius 1 is 1.28 bits per heavy atom. The minimum atomic E-state index is 0.341. The molecule has 4 atom stereocenters. The lowest BCUT2D eigenvalue weighted by Gasteiger charge is -2.47. The van der Waals surface area contributed by atoms with Crippen molar-refractivity contribution in [2.24, 2.45) is 11.8 Å². The summed E-state index contributed by atoms with van der Waals surface area (Å²) >= 11 is 0. The van der Waals surface area contributed by atoms with Crippen LogP contribution in [0.15, 0.2) is 0 Å². The van der Waals surface area contributed by atoms with Gasteiger partial charge in [0.15, 0.2) is 0 Å². The van der Waals surface area contributed by atoms with Crippen LogP contribution in [0.5, 0.6) is 0 Å². The smallest absolute Gasteiger partial charge is 0.0278 e. The van der Waals surface area contributed by atoms with E-state index in [-0.39, 0.29) is 0 Å². The summed E-state index contributed by atoms with van der Waals surface area (Å²) in [6.07, 6.45) is 6.90. The zero-order chi connectivity index (χ0) is 13.2. The Labute approximate surface area is 114 Å². The highest BCUT2D eigenvalue weighted by Gasteiger charge is 2.36. The van der Waals surface area contributed by atoms with Gasteiger partial charge in [-0.3, -0.25) is 4.90 Å². The van der Waals surface area contributed by atoms with Crippen LogP contribution < -0.4 is 5.32 Å². The first-order valence-corrected chi connectivity index (χ1v) is 8.07. The Kier molecular flexibility index (Phi) is 4.71. The van der Waals surface area contributed by atoms with E-state index in [2.05, 4.69) is 37.9 Å². The van der Waals surface area contributed by atoms with Crippen molar-refractivity contribution in [3.05, 3.63) is 0 Å². The van der Waals surface area contributed by atoms with Gasteiger partial charge in [-0.15, -0.1) is 0 Å². The van der Waals surface area contributed by atoms with Crippen LogP contribution in [0.2, 0.25) is 0 Å². The molecule has 2 fully saturated rings. The number of nitrogens with one attached hydrogen (secondary N) is 1. The number of hydrogen-bond donors (Lipinski definition) is 1. The van der Waals surface area contributed by atoms with Crippen molar-refractivity contribution in [2.45, 2.75) is 71.4 Å². The maximum atomic E-state index is 3.77. The minimum Gasteiger partial charge on any atom is -0.309 e. The van der Waals surface area contributed by atoms with Crippen molar-refractivity contribution in [3.8, 4) is 0 Å². The number of nitrogens with zero attached hydrogens (tertiary/aromatic N) is 1. The number of hydrogen-bond acceptors (Lipinski definition) is 2. The van der Waals surface area contributed by atoms with E-state index in [4.69, 9.17) is 0 Å². The fourth-order valence-corrected chi connectivity index (χ4v) is 3.77. The van der Waals surface area contributed by atoms with Crippen LogP contribution in [0.1, 0.15) is 59.8 Å². The third kappa shape index (κ3) is 3.08. The molecular weight excluding hydrogens is 220 g/mol. The molecule has 106 valence electrons. The first-order valence-electron chi connectivity index (χ1n) is 8.07. The summed E-state index contributed by atoms with van der Waals surface area (Å²) in [5, 5.41) is 3.77. The van der Waals surface area contributed by atoms with Crippen LogP contribution in [-0.2, 0) is 0 Å². The van der Waals surface area contributed by atoms with E-state index in [0.717, 1.165) is 17.9 Å². The fourth-order valence-electron chi connectivity index (χ4n) is 3.77. The Morgan fingerprint density at radius 3 is 2.61 bits per heavy atom. The predicted octanol–water partition coefficient (Wildman–Crippen LogP) is 3.28. The van der Waals surface area contributed by atoms with Gasteiger partial charge in [0.05, 0.1) is 0 Å². The summed E-state index contributed by atoms with van der Waals surface area (Å²) in [5.41, 5.74) is 0.341. The zero-order valence-electron chi connectivity index (χ0n) is 12.8. The molecule has 2 nitrogen and oxygen atoms in total. The lowest BCUT2D eigenvalue weighted by atomic mass is 9.90. The van der Waals surface area contributed by atoms with E-state index in [9.17, 15) is 0 Å². The van der Waals surface area contributed by atoms with Crippen molar-refractivity contribution in [2.75, 3.05) is 19.6 Å². The predicted molar refractivity (Wildman–Crippen MR) is 78.9 cm³/mol. The van der Waals surface area contributed by atoms with E-state index < -0.39 is 0 Å². The molecule has 0 aromatic heterocycles. The van der Waals surface area contributed by atoms with Gasteiger partial charge in [-0.25, -0.2) is 0 Å². The van der Waals surface area contributed by atoms with Crippen LogP contribution in [0.4, 0.5) is 0 Å². The Balaban J connectivity index is 1.97. The molecule has 2 heteroatoms. The highest BCUT2D eigenvalue weighted by molar-refractivity contribution is 4.95. The Morgan fingerprint density at radius 2 is 2.06 bits per heavy atom. The first kappa shape index (κ1) is 14.3. The molecule has 2 aliphatic rings. The van der Waals surface area contributed by atoms with Gasteiger partial charge in [0, 0.05) is 31.2 Å². The summed E-state index contributed by atoms with van der Waals surface area (Å²) in [5.74, 6) is 1.91. The van der Waals surface area contributed by atoms with Crippen LogP contribution in [0.3, 0.4) is 0 Å². The monoisotopic (exact) mass is 252 g/mol. The molecule has 1 aliphatic heterocycles. The quantitative estimate of drug-likeness (QED) is 0.826. The average molecular weight is 252 g/mol. The van der Waals surface area contributed by atoms with Gasteiger partial charge in [-0.05, 0) is 38.0 Å². The number of piperazine rings is 1. The van der Waals surface area contributed by atoms with Crippen LogP contribution in [0.25, 0.3) is 0 Å². The molecule has 1 saturated carbocycles. The van der Waals surface area contributed by atoms with Crippen molar-refractivity contribution >= 4 is 0 Å². The van der Waals surface area contributed by atoms with E-state index in [1.54, 1.807) is 0 Å². The van der Waals surface area contributed by atoms with E-state index in [1.165, 1.54) is 51.7 Å². The van der Waals surface area contributed by atoms with E-state index in [0.29, 0.717) is 5.54 Å². The summed E-state index contributed by atoms with van der Waals surface area (Å²) in [7, 11) is 0. The first-order chi connectivity index (χ1) is 8.58. The van der Waals surface area contributed by atoms with Gasteiger partial charge in [0.25, 0.3) is 0 Å². The van der Waals surface area contributed by atoms with E-state index in [1.807, 2.05) is 0 Å². The third-order valence-corrected chi connectivity index (χ3v) is 5.59. The molecule has 0 radical (unpaired) electrons. The third-order valence-electron chi connectivity index (χ3n) is 5.59. The molecule has 1 aliphatic carbocycles. The lowest BCUT2D eigenvalue weighted by Crippen LogP contribution is -2.63. The standard InChI is InChI=1S/C16H32N2/c1-5-15-10-17-16(4,6-2)12-18(15)11-14-9-7-8-13(14)3/h13-15,17H,5-12H2,1-4H3. The van der Waals surface area contributed by atoms with Crippen LogP contribution in [-0.4, -0.2) is 36.1 Å². The second-order valence-electron chi connectivity index (χ2n) is 6.95. The minimum absolute atomic E-state index is 0.341.